The molecule has 1 aliphatic rings. The van der Waals surface area contributed by atoms with Crippen molar-refractivity contribution < 1.29 is 14.1 Å². The van der Waals surface area contributed by atoms with E-state index in [4.69, 9.17) is 9.26 Å². The van der Waals surface area contributed by atoms with Crippen molar-refractivity contribution in [2.45, 2.75) is 38.3 Å². The summed E-state index contributed by atoms with van der Waals surface area (Å²) in [5.74, 6) is 1.13. The second-order valence-corrected chi connectivity index (χ2v) is 5.88. The Bertz CT molecular complexity index is 659. The number of carbonyl (C=O) groups excluding carboxylic acids is 1. The van der Waals surface area contributed by atoms with Gasteiger partial charge in [-0.25, -0.2) is 4.79 Å². The Morgan fingerprint density at radius 3 is 2.92 bits per heavy atom. The Morgan fingerprint density at radius 1 is 1.33 bits per heavy atom. The first kappa shape index (κ1) is 16.4. The number of amides is 2. The highest BCUT2D eigenvalue weighted by Gasteiger charge is 2.24. The van der Waals surface area contributed by atoms with Gasteiger partial charge in [-0.1, -0.05) is 35.5 Å². The summed E-state index contributed by atoms with van der Waals surface area (Å²) in [6.45, 7) is 2.87. The molecule has 1 aromatic heterocycles. The van der Waals surface area contributed by atoms with Crippen LogP contribution in [0.3, 0.4) is 0 Å². The Hall–Kier alpha value is -2.41. The van der Waals surface area contributed by atoms with Gasteiger partial charge in [-0.15, -0.1) is 0 Å². The van der Waals surface area contributed by atoms with E-state index in [2.05, 4.69) is 32.9 Å². The molecule has 0 spiro atoms. The Kier molecular flexibility index (Phi) is 5.43. The Morgan fingerprint density at radius 2 is 2.17 bits per heavy atom. The van der Waals surface area contributed by atoms with Crippen LogP contribution in [0.2, 0.25) is 0 Å². The summed E-state index contributed by atoms with van der Waals surface area (Å²) in [6.07, 6.45) is 2.15. The lowest BCUT2D eigenvalue weighted by molar-refractivity contribution is 0.00227. The van der Waals surface area contributed by atoms with Crippen LogP contribution in [0.15, 0.2) is 34.9 Å². The summed E-state index contributed by atoms with van der Waals surface area (Å²) >= 11 is 0. The second-order valence-electron chi connectivity index (χ2n) is 5.88. The third kappa shape index (κ3) is 4.55. The largest absolute Gasteiger partial charge is 0.373 e. The van der Waals surface area contributed by atoms with Crippen LogP contribution < -0.4 is 10.6 Å². The van der Waals surface area contributed by atoms with E-state index in [-0.39, 0.29) is 18.2 Å². The van der Waals surface area contributed by atoms with Gasteiger partial charge in [-0.05, 0) is 25.3 Å². The van der Waals surface area contributed by atoms with Crippen LogP contribution >= 0.6 is 0 Å². The number of aromatic nitrogens is 2. The molecule has 128 valence electrons. The zero-order valence-corrected chi connectivity index (χ0v) is 13.7. The highest BCUT2D eigenvalue weighted by atomic mass is 16.5. The summed E-state index contributed by atoms with van der Waals surface area (Å²) in [6, 6.07) is 10.0. The third-order valence-electron chi connectivity index (χ3n) is 3.98. The van der Waals surface area contributed by atoms with E-state index >= 15 is 0 Å². The van der Waals surface area contributed by atoms with Gasteiger partial charge in [0.25, 0.3) is 0 Å². The number of rotatable bonds is 5. The maximum Gasteiger partial charge on any atom is 0.315 e. The van der Waals surface area contributed by atoms with E-state index < -0.39 is 0 Å². The van der Waals surface area contributed by atoms with Gasteiger partial charge in [0.1, 0.15) is 0 Å². The number of aryl methyl sites for hydroxylation is 1. The molecule has 0 aliphatic carbocycles. The summed E-state index contributed by atoms with van der Waals surface area (Å²) in [5.41, 5.74) is 1.15. The molecule has 3 rings (SSSR count). The van der Waals surface area contributed by atoms with Crippen LogP contribution in [0.4, 0.5) is 4.79 Å². The first-order chi connectivity index (χ1) is 11.7. The summed E-state index contributed by atoms with van der Waals surface area (Å²) in [7, 11) is 0. The minimum Gasteiger partial charge on any atom is -0.373 e. The predicted molar refractivity (Wildman–Crippen MR) is 87.4 cm³/mol. The van der Waals surface area contributed by atoms with E-state index in [1.807, 2.05) is 18.2 Å². The number of urea groups is 1. The molecule has 2 atom stereocenters. The van der Waals surface area contributed by atoms with Crippen molar-refractivity contribution in [3.05, 3.63) is 47.6 Å². The van der Waals surface area contributed by atoms with Gasteiger partial charge in [-0.3, -0.25) is 0 Å². The molecule has 7 nitrogen and oxygen atoms in total. The highest BCUT2D eigenvalue weighted by Crippen LogP contribution is 2.27. The Balaban J connectivity index is 1.42. The molecule has 0 radical (unpaired) electrons. The van der Waals surface area contributed by atoms with Crippen molar-refractivity contribution in [3.8, 4) is 0 Å². The summed E-state index contributed by atoms with van der Waals surface area (Å²) in [5, 5.41) is 9.55. The lowest BCUT2D eigenvalue weighted by Crippen LogP contribution is -2.45. The molecule has 2 aromatic rings. The molecule has 2 heterocycles. The Labute approximate surface area is 140 Å². The first-order valence-electron chi connectivity index (χ1n) is 8.21. The molecule has 0 bridgehead atoms. The number of nitrogens with one attached hydrogen (secondary N) is 2. The molecule has 2 N–H and O–H groups in total. The van der Waals surface area contributed by atoms with Gasteiger partial charge >= 0.3 is 6.03 Å². The molecule has 7 heteroatoms. The zero-order valence-electron chi connectivity index (χ0n) is 13.7. The second kappa shape index (κ2) is 7.92. The average Bonchev–Trinajstić information content (AvgIpc) is 3.01. The lowest BCUT2D eigenvalue weighted by atomic mass is 9.97. The smallest absolute Gasteiger partial charge is 0.315 e. The van der Waals surface area contributed by atoms with E-state index in [0.717, 1.165) is 18.4 Å². The SMILES string of the molecule is Cc1noc(CCNC(=O)N[C@@H]2CCO[C@H](c3ccccc3)C2)n1. The fraction of sp³-hybridized carbons (Fsp3) is 0.471. The fourth-order valence-corrected chi connectivity index (χ4v) is 2.79. The predicted octanol–water partition coefficient (Wildman–Crippen LogP) is 2.14. The van der Waals surface area contributed by atoms with Crippen molar-refractivity contribution >= 4 is 6.03 Å². The quantitative estimate of drug-likeness (QED) is 0.877. The summed E-state index contributed by atoms with van der Waals surface area (Å²) < 4.78 is 10.8. The molecule has 0 saturated carbocycles. The number of hydrogen-bond donors (Lipinski definition) is 2. The molecule has 1 aromatic carbocycles. The molecule has 1 fully saturated rings. The van der Waals surface area contributed by atoms with Gasteiger partial charge in [0, 0.05) is 25.6 Å². The van der Waals surface area contributed by atoms with Gasteiger partial charge in [-0.2, -0.15) is 4.98 Å². The molecule has 1 aliphatic heterocycles. The minimum atomic E-state index is -0.176. The number of ether oxygens (including phenoxy) is 1. The van der Waals surface area contributed by atoms with Gasteiger partial charge in [0.2, 0.25) is 5.89 Å². The van der Waals surface area contributed by atoms with E-state index in [9.17, 15) is 4.79 Å². The van der Waals surface area contributed by atoms with Crippen LogP contribution in [0.5, 0.6) is 0 Å². The van der Waals surface area contributed by atoms with Crippen LogP contribution in [0.1, 0.15) is 36.2 Å². The highest BCUT2D eigenvalue weighted by molar-refractivity contribution is 5.74. The summed E-state index contributed by atoms with van der Waals surface area (Å²) in [4.78, 5) is 16.1. The normalized spacial score (nSPS) is 20.5. The number of benzene rings is 1. The molecule has 2 amide bonds. The lowest BCUT2D eigenvalue weighted by Gasteiger charge is -2.30. The standard InChI is InChI=1S/C17H22N4O3/c1-12-19-16(24-21-12)7-9-18-17(22)20-14-8-10-23-15(11-14)13-5-3-2-4-6-13/h2-6,14-15H,7-11H2,1H3,(H2,18,20,22)/t14-,15+/m1/s1. The van der Waals surface area contributed by atoms with Crippen molar-refractivity contribution in [2.24, 2.45) is 0 Å². The van der Waals surface area contributed by atoms with Crippen LogP contribution in [0, 0.1) is 6.92 Å². The average molecular weight is 330 g/mol. The van der Waals surface area contributed by atoms with E-state index in [1.165, 1.54) is 0 Å². The number of hydrogen-bond acceptors (Lipinski definition) is 5. The van der Waals surface area contributed by atoms with Crippen LogP contribution in [-0.2, 0) is 11.2 Å². The molecular formula is C17H22N4O3. The minimum absolute atomic E-state index is 0.0339. The maximum absolute atomic E-state index is 12.0. The fourth-order valence-electron chi connectivity index (χ4n) is 2.79. The van der Waals surface area contributed by atoms with E-state index in [0.29, 0.717) is 31.3 Å². The first-order valence-corrected chi connectivity index (χ1v) is 8.21. The molecule has 24 heavy (non-hydrogen) atoms. The van der Waals surface area contributed by atoms with Crippen LogP contribution in [-0.4, -0.2) is 35.4 Å². The number of nitrogens with zero attached hydrogens (tertiary/aromatic N) is 2. The van der Waals surface area contributed by atoms with Crippen LogP contribution in [0.25, 0.3) is 0 Å². The number of carbonyl (C=O) groups is 1. The molecular weight excluding hydrogens is 308 g/mol. The topological polar surface area (TPSA) is 89.3 Å². The van der Waals surface area contributed by atoms with Gasteiger partial charge < -0.3 is 19.9 Å². The monoisotopic (exact) mass is 330 g/mol. The molecule has 1 saturated heterocycles. The van der Waals surface area contributed by atoms with Gasteiger partial charge in [0.15, 0.2) is 5.82 Å². The maximum atomic E-state index is 12.0. The van der Waals surface area contributed by atoms with E-state index in [1.54, 1.807) is 6.92 Å². The van der Waals surface area contributed by atoms with Crippen molar-refractivity contribution in [1.29, 1.82) is 0 Å². The van der Waals surface area contributed by atoms with Crippen molar-refractivity contribution in [1.82, 2.24) is 20.8 Å². The molecule has 0 unspecified atom stereocenters. The zero-order chi connectivity index (χ0) is 16.8. The van der Waals surface area contributed by atoms with Gasteiger partial charge in [0.05, 0.1) is 6.10 Å². The van der Waals surface area contributed by atoms with Crippen molar-refractivity contribution in [2.75, 3.05) is 13.2 Å². The van der Waals surface area contributed by atoms with Crippen molar-refractivity contribution in [3.63, 3.8) is 0 Å². The third-order valence-corrected chi connectivity index (χ3v) is 3.98.